The van der Waals surface area contributed by atoms with Crippen molar-refractivity contribution >= 4 is 11.7 Å². The Morgan fingerprint density at radius 1 is 1.31 bits per heavy atom. The van der Waals surface area contributed by atoms with Crippen molar-refractivity contribution in [3.8, 4) is 0 Å². The van der Waals surface area contributed by atoms with Crippen molar-refractivity contribution in [1.29, 1.82) is 0 Å². The summed E-state index contributed by atoms with van der Waals surface area (Å²) in [4.78, 5) is 13.7. The van der Waals surface area contributed by atoms with Crippen molar-refractivity contribution < 1.29 is 0 Å². The highest BCUT2D eigenvalue weighted by Crippen LogP contribution is 2.08. The van der Waals surface area contributed by atoms with Crippen LogP contribution in [0.15, 0.2) is 9.98 Å². The van der Waals surface area contributed by atoms with Gasteiger partial charge in [0.15, 0.2) is 0 Å². The molecule has 1 rings (SSSR count). The van der Waals surface area contributed by atoms with Crippen LogP contribution in [0.2, 0.25) is 0 Å². The van der Waals surface area contributed by atoms with E-state index in [4.69, 9.17) is 0 Å². The minimum Gasteiger partial charge on any atom is -0.338 e. The summed E-state index contributed by atoms with van der Waals surface area (Å²) in [7, 11) is 2.17. The molecule has 0 aromatic carbocycles. The summed E-state index contributed by atoms with van der Waals surface area (Å²) in [6.07, 6.45) is 0. The first-order chi connectivity index (χ1) is 7.54. The molecule has 16 heavy (non-hydrogen) atoms. The summed E-state index contributed by atoms with van der Waals surface area (Å²) in [6.45, 7) is 12.3. The summed E-state index contributed by atoms with van der Waals surface area (Å²) in [5.41, 5.74) is 1.07. The monoisotopic (exact) mass is 224 g/mol. The average Bonchev–Trinajstić information content (AvgIpc) is 2.21. The van der Waals surface area contributed by atoms with Crippen molar-refractivity contribution in [2.45, 2.75) is 33.7 Å². The molecule has 0 N–H and O–H groups in total. The normalized spacial score (nSPS) is 23.4. The van der Waals surface area contributed by atoms with E-state index in [1.807, 2.05) is 13.8 Å². The van der Waals surface area contributed by atoms with Gasteiger partial charge in [0.05, 0.1) is 0 Å². The molecule has 1 aliphatic heterocycles. The average molecular weight is 224 g/mol. The van der Waals surface area contributed by atoms with Crippen LogP contribution in [0.4, 0.5) is 0 Å². The van der Waals surface area contributed by atoms with Crippen LogP contribution in [0, 0.1) is 0 Å². The van der Waals surface area contributed by atoms with E-state index in [-0.39, 0.29) is 0 Å². The molecule has 0 radical (unpaired) electrons. The molecule has 4 nitrogen and oxygen atoms in total. The number of guanidine groups is 1. The fraction of sp³-hybridized carbons (Fsp3) is 0.833. The Hall–Kier alpha value is -0.900. The van der Waals surface area contributed by atoms with Gasteiger partial charge in [-0.15, -0.1) is 0 Å². The van der Waals surface area contributed by atoms with Gasteiger partial charge >= 0.3 is 0 Å². The lowest BCUT2D eigenvalue weighted by Crippen LogP contribution is -2.51. The van der Waals surface area contributed by atoms with Crippen LogP contribution in [0.1, 0.15) is 27.7 Å². The van der Waals surface area contributed by atoms with Crippen LogP contribution in [-0.2, 0) is 0 Å². The molecular weight excluding hydrogens is 200 g/mol. The molecule has 1 aliphatic rings. The van der Waals surface area contributed by atoms with Crippen LogP contribution >= 0.6 is 0 Å². The van der Waals surface area contributed by atoms with E-state index in [0.29, 0.717) is 6.04 Å². The second-order valence-corrected chi connectivity index (χ2v) is 4.61. The standard InChI is InChI=1S/C12H24N4/c1-6-13-12(14-10(2)3)16-8-7-15(5)11(4)9-16/h11H,6-9H2,1-5H3/t11-/m1/s1. The number of likely N-dealkylation sites (N-methyl/N-ethyl adjacent to an activating group) is 1. The Labute approximate surface area is 99.1 Å². The Balaban J connectivity index is 2.73. The number of nitrogens with zero attached hydrogens (tertiary/aromatic N) is 4. The van der Waals surface area contributed by atoms with Crippen LogP contribution in [-0.4, -0.2) is 60.7 Å². The van der Waals surface area contributed by atoms with Crippen molar-refractivity contribution in [2.75, 3.05) is 33.2 Å². The van der Waals surface area contributed by atoms with E-state index in [0.717, 1.165) is 37.9 Å². The zero-order valence-corrected chi connectivity index (χ0v) is 11.2. The molecule has 1 fully saturated rings. The maximum atomic E-state index is 4.52. The van der Waals surface area contributed by atoms with Gasteiger partial charge in [0.25, 0.3) is 0 Å². The zero-order valence-electron chi connectivity index (χ0n) is 11.2. The van der Waals surface area contributed by atoms with E-state index in [1.165, 1.54) is 0 Å². The van der Waals surface area contributed by atoms with Crippen molar-refractivity contribution in [3.63, 3.8) is 0 Å². The van der Waals surface area contributed by atoms with E-state index in [1.54, 1.807) is 0 Å². The number of aliphatic imine (C=N–C) groups is 2. The minimum atomic E-state index is 0.572. The van der Waals surface area contributed by atoms with Gasteiger partial charge in [0, 0.05) is 37.9 Å². The third-order valence-corrected chi connectivity index (χ3v) is 2.87. The molecule has 0 bridgehead atoms. The topological polar surface area (TPSA) is 31.2 Å². The van der Waals surface area contributed by atoms with Gasteiger partial charge in [0.1, 0.15) is 0 Å². The predicted octanol–water partition coefficient (Wildman–Crippen LogP) is 1.48. The largest absolute Gasteiger partial charge is 0.338 e. The van der Waals surface area contributed by atoms with Crippen LogP contribution < -0.4 is 0 Å². The maximum absolute atomic E-state index is 4.52. The lowest BCUT2D eigenvalue weighted by atomic mass is 10.2. The third-order valence-electron chi connectivity index (χ3n) is 2.87. The summed E-state index contributed by atoms with van der Waals surface area (Å²) < 4.78 is 0. The molecule has 0 unspecified atom stereocenters. The lowest BCUT2D eigenvalue weighted by molar-refractivity contribution is 0.152. The molecule has 1 atom stereocenters. The van der Waals surface area contributed by atoms with Gasteiger partial charge in [-0.1, -0.05) is 0 Å². The quantitative estimate of drug-likeness (QED) is 0.499. The molecule has 0 saturated carbocycles. The number of rotatable bonds is 1. The van der Waals surface area contributed by atoms with Gasteiger partial charge in [-0.3, -0.25) is 4.99 Å². The lowest BCUT2D eigenvalue weighted by Gasteiger charge is -2.38. The SMILES string of the molecule is CCN=C(N=C(C)C)N1CCN(C)[C@H](C)C1. The Morgan fingerprint density at radius 2 is 2.00 bits per heavy atom. The van der Waals surface area contributed by atoms with Gasteiger partial charge < -0.3 is 9.80 Å². The molecule has 0 spiro atoms. The van der Waals surface area contributed by atoms with Gasteiger partial charge in [0.2, 0.25) is 5.96 Å². The Bertz CT molecular complexity index is 279. The fourth-order valence-corrected chi connectivity index (χ4v) is 1.78. The molecule has 1 heterocycles. The van der Waals surface area contributed by atoms with Gasteiger partial charge in [-0.05, 0) is 34.7 Å². The van der Waals surface area contributed by atoms with E-state index in [2.05, 4.69) is 40.7 Å². The first-order valence-electron chi connectivity index (χ1n) is 6.06. The molecule has 4 heteroatoms. The van der Waals surface area contributed by atoms with E-state index in [9.17, 15) is 0 Å². The summed E-state index contributed by atoms with van der Waals surface area (Å²) in [6, 6.07) is 0.572. The fourth-order valence-electron chi connectivity index (χ4n) is 1.78. The first kappa shape index (κ1) is 13.2. The number of hydrogen-bond donors (Lipinski definition) is 0. The second kappa shape index (κ2) is 5.99. The summed E-state index contributed by atoms with van der Waals surface area (Å²) >= 11 is 0. The van der Waals surface area contributed by atoms with Crippen LogP contribution in [0.5, 0.6) is 0 Å². The first-order valence-corrected chi connectivity index (χ1v) is 6.06. The molecule has 0 aromatic heterocycles. The molecule has 92 valence electrons. The van der Waals surface area contributed by atoms with Crippen LogP contribution in [0.3, 0.4) is 0 Å². The minimum absolute atomic E-state index is 0.572. The molecule has 0 aromatic rings. The van der Waals surface area contributed by atoms with E-state index >= 15 is 0 Å². The van der Waals surface area contributed by atoms with Crippen molar-refractivity contribution in [3.05, 3.63) is 0 Å². The highest BCUT2D eigenvalue weighted by Gasteiger charge is 2.22. The van der Waals surface area contributed by atoms with Crippen LogP contribution in [0.25, 0.3) is 0 Å². The molecular formula is C12H24N4. The summed E-state index contributed by atoms with van der Waals surface area (Å²) in [5.74, 6) is 0.905. The van der Waals surface area contributed by atoms with Crippen molar-refractivity contribution in [1.82, 2.24) is 9.80 Å². The smallest absolute Gasteiger partial charge is 0.220 e. The molecule has 1 saturated heterocycles. The zero-order chi connectivity index (χ0) is 12.1. The highest BCUT2D eigenvalue weighted by atomic mass is 15.3. The Morgan fingerprint density at radius 3 is 2.50 bits per heavy atom. The third kappa shape index (κ3) is 3.59. The molecule has 0 amide bonds. The van der Waals surface area contributed by atoms with Crippen molar-refractivity contribution in [2.24, 2.45) is 9.98 Å². The van der Waals surface area contributed by atoms with E-state index < -0.39 is 0 Å². The number of piperazine rings is 1. The second-order valence-electron chi connectivity index (χ2n) is 4.61. The highest BCUT2D eigenvalue weighted by molar-refractivity contribution is 5.94. The van der Waals surface area contributed by atoms with Gasteiger partial charge in [-0.2, -0.15) is 0 Å². The Kier molecular flexibility index (Phi) is 4.93. The number of hydrogen-bond acceptors (Lipinski definition) is 2. The predicted molar refractivity (Wildman–Crippen MR) is 70.4 cm³/mol. The molecule has 0 aliphatic carbocycles. The maximum Gasteiger partial charge on any atom is 0.220 e. The van der Waals surface area contributed by atoms with Gasteiger partial charge in [-0.25, -0.2) is 4.99 Å². The summed E-state index contributed by atoms with van der Waals surface area (Å²) in [5, 5.41) is 0.